The van der Waals surface area contributed by atoms with Gasteiger partial charge in [0, 0.05) is 6.54 Å². The van der Waals surface area contributed by atoms with Gasteiger partial charge in [-0.15, -0.1) is 0 Å². The molecule has 0 aromatic carbocycles. The number of carbonyl (C=O) groups excluding carboxylic acids is 1. The van der Waals surface area contributed by atoms with E-state index in [0.29, 0.717) is 0 Å². The van der Waals surface area contributed by atoms with Crippen LogP contribution in [0, 0.1) is 5.92 Å². The zero-order valence-electron chi connectivity index (χ0n) is 9.25. The highest BCUT2D eigenvalue weighted by atomic mass is 16.5. The highest BCUT2D eigenvalue weighted by molar-refractivity contribution is 5.72. The molecule has 0 aliphatic heterocycles. The van der Waals surface area contributed by atoms with Crippen molar-refractivity contribution in [3.05, 3.63) is 11.6 Å². The Bertz CT molecular complexity index is 233. The van der Waals surface area contributed by atoms with Gasteiger partial charge in [-0.1, -0.05) is 11.6 Å². The summed E-state index contributed by atoms with van der Waals surface area (Å²) in [7, 11) is 5.59. The number of hydrogen-bond acceptors (Lipinski definition) is 3. The Hall–Kier alpha value is -0.830. The third-order valence-electron chi connectivity index (χ3n) is 2.56. The van der Waals surface area contributed by atoms with Crippen LogP contribution in [0.2, 0.25) is 0 Å². The Morgan fingerprint density at radius 2 is 2.36 bits per heavy atom. The number of carbonyl (C=O) groups is 1. The Morgan fingerprint density at radius 3 is 2.79 bits per heavy atom. The van der Waals surface area contributed by atoms with E-state index in [0.717, 1.165) is 25.8 Å². The summed E-state index contributed by atoms with van der Waals surface area (Å²) in [5.74, 6) is 0.0241. The normalized spacial score (nSPS) is 22.0. The van der Waals surface area contributed by atoms with Crippen molar-refractivity contribution in [3.8, 4) is 0 Å². The second-order valence-electron chi connectivity index (χ2n) is 4.09. The number of hydrogen-bond donors (Lipinski definition) is 0. The standard InChI is InChI=1S/C11H19NO2/c1-12(2)8-9-4-6-10(7-5-9)11(13)14-3/h4,10H,5-8H2,1-3H3. The van der Waals surface area contributed by atoms with Crippen molar-refractivity contribution in [2.75, 3.05) is 27.7 Å². The molecular formula is C11H19NO2. The molecule has 3 heteroatoms. The van der Waals surface area contributed by atoms with E-state index in [4.69, 9.17) is 4.74 Å². The maximum Gasteiger partial charge on any atom is 0.308 e. The lowest BCUT2D eigenvalue weighted by Gasteiger charge is -2.21. The molecule has 0 heterocycles. The zero-order valence-corrected chi connectivity index (χ0v) is 9.25. The molecule has 0 aromatic heterocycles. The highest BCUT2D eigenvalue weighted by Crippen LogP contribution is 2.24. The summed E-state index contributed by atoms with van der Waals surface area (Å²) in [6, 6.07) is 0. The van der Waals surface area contributed by atoms with Crippen LogP contribution in [0.15, 0.2) is 11.6 Å². The number of methoxy groups -OCH3 is 1. The monoisotopic (exact) mass is 197 g/mol. The fourth-order valence-corrected chi connectivity index (χ4v) is 1.82. The van der Waals surface area contributed by atoms with E-state index in [2.05, 4.69) is 25.1 Å². The second kappa shape index (κ2) is 5.15. The summed E-state index contributed by atoms with van der Waals surface area (Å²) in [5, 5.41) is 0. The SMILES string of the molecule is COC(=O)C1CC=C(CN(C)C)CC1. The first kappa shape index (κ1) is 11.2. The number of nitrogens with zero attached hydrogens (tertiary/aromatic N) is 1. The highest BCUT2D eigenvalue weighted by Gasteiger charge is 2.21. The van der Waals surface area contributed by atoms with Crippen molar-refractivity contribution in [2.24, 2.45) is 5.92 Å². The van der Waals surface area contributed by atoms with Crippen molar-refractivity contribution in [1.29, 1.82) is 0 Å². The van der Waals surface area contributed by atoms with Gasteiger partial charge in [0.05, 0.1) is 13.0 Å². The van der Waals surface area contributed by atoms with Crippen LogP contribution >= 0.6 is 0 Å². The van der Waals surface area contributed by atoms with Crippen LogP contribution in [0.3, 0.4) is 0 Å². The van der Waals surface area contributed by atoms with Gasteiger partial charge in [0.25, 0.3) is 0 Å². The van der Waals surface area contributed by atoms with Gasteiger partial charge in [0.15, 0.2) is 0 Å². The molecule has 0 fully saturated rings. The van der Waals surface area contributed by atoms with Gasteiger partial charge in [-0.05, 0) is 33.4 Å². The Balaban J connectivity index is 2.43. The summed E-state index contributed by atoms with van der Waals surface area (Å²) in [6.45, 7) is 1.01. The fraction of sp³-hybridized carbons (Fsp3) is 0.727. The number of likely N-dealkylation sites (N-methyl/N-ethyl adjacent to an activating group) is 1. The molecule has 80 valence electrons. The first-order valence-corrected chi connectivity index (χ1v) is 5.04. The van der Waals surface area contributed by atoms with Crippen molar-refractivity contribution >= 4 is 5.97 Å². The number of esters is 1. The molecule has 3 nitrogen and oxygen atoms in total. The molecule has 0 aromatic rings. The molecule has 1 rings (SSSR count). The second-order valence-corrected chi connectivity index (χ2v) is 4.09. The van der Waals surface area contributed by atoms with Crippen LogP contribution in [-0.4, -0.2) is 38.6 Å². The third-order valence-corrected chi connectivity index (χ3v) is 2.56. The number of allylic oxidation sites excluding steroid dienone is 1. The van der Waals surface area contributed by atoms with Gasteiger partial charge in [-0.3, -0.25) is 4.79 Å². The topological polar surface area (TPSA) is 29.5 Å². The molecule has 1 aliphatic carbocycles. The molecule has 0 saturated heterocycles. The third kappa shape index (κ3) is 3.14. The fourth-order valence-electron chi connectivity index (χ4n) is 1.82. The molecule has 14 heavy (non-hydrogen) atoms. The largest absolute Gasteiger partial charge is 0.469 e. The van der Waals surface area contributed by atoms with Crippen molar-refractivity contribution in [2.45, 2.75) is 19.3 Å². The van der Waals surface area contributed by atoms with Crippen LogP contribution in [-0.2, 0) is 9.53 Å². The summed E-state index contributed by atoms with van der Waals surface area (Å²) in [4.78, 5) is 13.4. The van der Waals surface area contributed by atoms with Crippen LogP contribution < -0.4 is 0 Å². The summed E-state index contributed by atoms with van der Waals surface area (Å²) >= 11 is 0. The Labute approximate surface area is 85.7 Å². The molecule has 1 aliphatic rings. The van der Waals surface area contributed by atoms with Crippen molar-refractivity contribution in [1.82, 2.24) is 4.90 Å². The van der Waals surface area contributed by atoms with E-state index in [1.165, 1.54) is 12.7 Å². The van der Waals surface area contributed by atoms with Gasteiger partial charge in [-0.25, -0.2) is 0 Å². The van der Waals surface area contributed by atoms with E-state index in [9.17, 15) is 4.79 Å². The van der Waals surface area contributed by atoms with Crippen LogP contribution in [0.4, 0.5) is 0 Å². The van der Waals surface area contributed by atoms with Crippen molar-refractivity contribution in [3.63, 3.8) is 0 Å². The van der Waals surface area contributed by atoms with E-state index >= 15 is 0 Å². The van der Waals surface area contributed by atoms with Crippen molar-refractivity contribution < 1.29 is 9.53 Å². The molecular weight excluding hydrogens is 178 g/mol. The van der Waals surface area contributed by atoms with Crippen LogP contribution in [0.5, 0.6) is 0 Å². The minimum atomic E-state index is -0.0647. The predicted octanol–water partition coefficient (Wildman–Crippen LogP) is 1.45. The lowest BCUT2D eigenvalue weighted by Crippen LogP contribution is -2.22. The molecule has 0 bridgehead atoms. The van der Waals surface area contributed by atoms with Crippen LogP contribution in [0.1, 0.15) is 19.3 Å². The van der Waals surface area contributed by atoms with Gasteiger partial charge >= 0.3 is 5.97 Å². The van der Waals surface area contributed by atoms with Gasteiger partial charge in [-0.2, -0.15) is 0 Å². The molecule has 1 unspecified atom stereocenters. The molecule has 0 spiro atoms. The Morgan fingerprint density at radius 1 is 1.64 bits per heavy atom. The molecule has 0 amide bonds. The van der Waals surface area contributed by atoms with E-state index in [-0.39, 0.29) is 11.9 Å². The van der Waals surface area contributed by atoms with Gasteiger partial charge < -0.3 is 9.64 Å². The summed E-state index contributed by atoms with van der Waals surface area (Å²) < 4.78 is 4.73. The number of ether oxygens (including phenoxy) is 1. The van der Waals surface area contributed by atoms with Gasteiger partial charge in [0.1, 0.15) is 0 Å². The summed E-state index contributed by atoms with van der Waals surface area (Å²) in [6.07, 6.45) is 4.99. The van der Waals surface area contributed by atoms with E-state index in [1.54, 1.807) is 0 Å². The van der Waals surface area contributed by atoms with E-state index < -0.39 is 0 Å². The minimum Gasteiger partial charge on any atom is -0.469 e. The first-order valence-electron chi connectivity index (χ1n) is 5.04. The average Bonchev–Trinajstić information content (AvgIpc) is 2.17. The number of rotatable bonds is 3. The summed E-state index contributed by atoms with van der Waals surface area (Å²) in [5.41, 5.74) is 1.44. The maximum absolute atomic E-state index is 11.2. The minimum absolute atomic E-state index is 0.0647. The molecule has 0 N–H and O–H groups in total. The smallest absolute Gasteiger partial charge is 0.308 e. The van der Waals surface area contributed by atoms with Crippen LogP contribution in [0.25, 0.3) is 0 Å². The maximum atomic E-state index is 11.2. The lowest BCUT2D eigenvalue weighted by atomic mass is 9.89. The quantitative estimate of drug-likeness (QED) is 0.506. The predicted molar refractivity (Wildman–Crippen MR) is 56.0 cm³/mol. The zero-order chi connectivity index (χ0) is 10.6. The molecule has 0 radical (unpaired) electrons. The Kier molecular flexibility index (Phi) is 4.14. The van der Waals surface area contributed by atoms with Gasteiger partial charge in [0.2, 0.25) is 0 Å². The molecule has 1 atom stereocenters. The molecule has 0 saturated carbocycles. The van der Waals surface area contributed by atoms with E-state index in [1.807, 2.05) is 0 Å². The lowest BCUT2D eigenvalue weighted by molar-refractivity contribution is -0.145. The first-order chi connectivity index (χ1) is 6.63. The average molecular weight is 197 g/mol.